The van der Waals surface area contributed by atoms with Crippen LogP contribution in [0, 0.1) is 0 Å². The maximum Gasteiger partial charge on any atom is 0.167 e. The molecule has 0 amide bonds. The van der Waals surface area contributed by atoms with Gasteiger partial charge in [0.05, 0.1) is 19.0 Å². The van der Waals surface area contributed by atoms with Gasteiger partial charge in [-0.2, -0.15) is 0 Å². The van der Waals surface area contributed by atoms with Crippen LogP contribution < -0.4 is 5.73 Å². The van der Waals surface area contributed by atoms with Gasteiger partial charge in [-0.15, -0.1) is 0 Å². The molecule has 2 heterocycles. The van der Waals surface area contributed by atoms with Crippen LogP contribution in [0.4, 0.5) is 5.82 Å². The van der Waals surface area contributed by atoms with E-state index in [2.05, 4.69) is 15.0 Å². The van der Waals surface area contributed by atoms with Gasteiger partial charge in [-0.25, -0.2) is 15.0 Å². The number of nitrogens with zero attached hydrogens (tertiary/aromatic N) is 4. The molecule has 0 aromatic carbocycles. The van der Waals surface area contributed by atoms with Crippen LogP contribution in [0.5, 0.6) is 0 Å². The van der Waals surface area contributed by atoms with Crippen molar-refractivity contribution in [2.75, 3.05) is 12.3 Å². The van der Waals surface area contributed by atoms with E-state index in [1.165, 1.54) is 6.33 Å². The lowest BCUT2D eigenvalue weighted by Crippen LogP contribution is -2.21. The fraction of sp³-hybridized carbons (Fsp3) is 0.545. The summed E-state index contributed by atoms with van der Waals surface area (Å²) in [5, 5.41) is 9.13. The average Bonchev–Trinajstić information content (AvgIpc) is 2.81. The Balaban J connectivity index is 2.28. The van der Waals surface area contributed by atoms with Gasteiger partial charge in [0.2, 0.25) is 0 Å². The predicted molar refractivity (Wildman–Crippen MR) is 66.7 cm³/mol. The Kier molecular flexibility index (Phi) is 3.73. The van der Waals surface area contributed by atoms with Crippen molar-refractivity contribution >= 4 is 17.0 Å². The minimum Gasteiger partial charge on any atom is -0.394 e. The molecule has 0 fully saturated rings. The molecule has 7 heteroatoms. The lowest BCUT2D eigenvalue weighted by Gasteiger charge is -2.20. The van der Waals surface area contributed by atoms with E-state index in [0.717, 1.165) is 6.42 Å². The van der Waals surface area contributed by atoms with Gasteiger partial charge < -0.3 is 15.6 Å². The van der Waals surface area contributed by atoms with Crippen LogP contribution in [0.2, 0.25) is 0 Å². The highest BCUT2D eigenvalue weighted by Gasteiger charge is 2.16. The van der Waals surface area contributed by atoms with Gasteiger partial charge in [-0.1, -0.05) is 6.92 Å². The number of rotatable bonds is 5. The van der Waals surface area contributed by atoms with E-state index in [1.807, 2.05) is 13.8 Å². The van der Waals surface area contributed by atoms with Crippen LogP contribution in [0.1, 0.15) is 26.5 Å². The Morgan fingerprint density at radius 3 is 2.89 bits per heavy atom. The Hall–Kier alpha value is -1.73. The van der Waals surface area contributed by atoms with Crippen molar-refractivity contribution in [2.45, 2.75) is 32.6 Å². The van der Waals surface area contributed by atoms with E-state index in [4.69, 9.17) is 15.6 Å². The molecule has 0 aliphatic heterocycles. The quantitative estimate of drug-likeness (QED) is 0.812. The monoisotopic (exact) mass is 251 g/mol. The zero-order valence-corrected chi connectivity index (χ0v) is 10.4. The number of hydrogen-bond acceptors (Lipinski definition) is 6. The standard InChI is InChI=1S/C11H17N5O2/c1-3-8(4-17)18-7(2)16-6-15-9-10(12)13-5-14-11(9)16/h5-8,17H,3-4H2,1-2H3,(H2,12,13,14)/t7-,8+/m1/s1. The second-order valence-electron chi connectivity index (χ2n) is 4.03. The maximum atomic E-state index is 9.13. The summed E-state index contributed by atoms with van der Waals surface area (Å²) >= 11 is 0. The highest BCUT2D eigenvalue weighted by Crippen LogP contribution is 2.20. The average molecular weight is 251 g/mol. The molecule has 2 atom stereocenters. The van der Waals surface area contributed by atoms with Crippen LogP contribution in [-0.4, -0.2) is 37.3 Å². The molecule has 0 unspecified atom stereocenters. The molecule has 18 heavy (non-hydrogen) atoms. The molecular weight excluding hydrogens is 234 g/mol. The third kappa shape index (κ3) is 2.27. The fourth-order valence-corrected chi connectivity index (χ4v) is 1.75. The Morgan fingerprint density at radius 2 is 2.22 bits per heavy atom. The normalized spacial score (nSPS) is 14.8. The van der Waals surface area contributed by atoms with Crippen molar-refractivity contribution in [1.82, 2.24) is 19.5 Å². The van der Waals surface area contributed by atoms with Gasteiger partial charge in [0, 0.05) is 0 Å². The number of ether oxygens (including phenoxy) is 1. The van der Waals surface area contributed by atoms with Crippen LogP contribution in [0.25, 0.3) is 11.2 Å². The van der Waals surface area contributed by atoms with Crippen molar-refractivity contribution < 1.29 is 9.84 Å². The first-order valence-corrected chi connectivity index (χ1v) is 5.86. The molecule has 0 saturated carbocycles. The number of imidazole rings is 1. The number of aliphatic hydroxyl groups excluding tert-OH is 1. The Morgan fingerprint density at radius 1 is 1.44 bits per heavy atom. The molecule has 0 spiro atoms. The number of aromatic nitrogens is 4. The first-order chi connectivity index (χ1) is 8.67. The zero-order chi connectivity index (χ0) is 13.1. The van der Waals surface area contributed by atoms with Crippen molar-refractivity contribution in [3.05, 3.63) is 12.7 Å². The first kappa shape index (κ1) is 12.7. The van der Waals surface area contributed by atoms with Crippen molar-refractivity contribution in [3.63, 3.8) is 0 Å². The second-order valence-corrected chi connectivity index (χ2v) is 4.03. The maximum absolute atomic E-state index is 9.13. The Labute approximate surface area is 105 Å². The largest absolute Gasteiger partial charge is 0.394 e. The third-order valence-electron chi connectivity index (χ3n) is 2.83. The summed E-state index contributed by atoms with van der Waals surface area (Å²) in [6, 6.07) is 0. The number of aliphatic hydroxyl groups is 1. The van der Waals surface area contributed by atoms with Gasteiger partial charge in [0.25, 0.3) is 0 Å². The van der Waals surface area contributed by atoms with Crippen LogP contribution in [0.15, 0.2) is 12.7 Å². The summed E-state index contributed by atoms with van der Waals surface area (Å²) < 4.78 is 7.48. The van der Waals surface area contributed by atoms with E-state index in [0.29, 0.717) is 17.0 Å². The van der Waals surface area contributed by atoms with Gasteiger partial charge in [-0.3, -0.25) is 4.57 Å². The summed E-state index contributed by atoms with van der Waals surface area (Å²) in [5.74, 6) is 0.347. The summed E-state index contributed by atoms with van der Waals surface area (Å²) in [4.78, 5) is 12.2. The smallest absolute Gasteiger partial charge is 0.167 e. The molecule has 2 rings (SSSR count). The number of nitrogens with two attached hydrogens (primary N) is 1. The molecule has 0 aliphatic rings. The van der Waals surface area contributed by atoms with Gasteiger partial charge in [0.1, 0.15) is 18.1 Å². The van der Waals surface area contributed by atoms with Crippen molar-refractivity contribution in [1.29, 1.82) is 0 Å². The number of nitrogen functional groups attached to an aromatic ring is 1. The van der Waals surface area contributed by atoms with E-state index >= 15 is 0 Å². The van der Waals surface area contributed by atoms with Gasteiger partial charge >= 0.3 is 0 Å². The van der Waals surface area contributed by atoms with Crippen LogP contribution in [0.3, 0.4) is 0 Å². The molecule has 98 valence electrons. The number of fused-ring (bicyclic) bond motifs is 1. The molecule has 7 nitrogen and oxygen atoms in total. The van der Waals surface area contributed by atoms with Crippen LogP contribution >= 0.6 is 0 Å². The highest BCUT2D eigenvalue weighted by molar-refractivity contribution is 5.81. The van der Waals surface area contributed by atoms with Crippen LogP contribution in [-0.2, 0) is 4.74 Å². The third-order valence-corrected chi connectivity index (χ3v) is 2.83. The summed E-state index contributed by atoms with van der Waals surface area (Å²) in [6.07, 6.45) is 3.28. The van der Waals surface area contributed by atoms with E-state index < -0.39 is 0 Å². The zero-order valence-electron chi connectivity index (χ0n) is 10.4. The molecule has 0 aliphatic carbocycles. The molecule has 0 bridgehead atoms. The highest BCUT2D eigenvalue weighted by atomic mass is 16.5. The van der Waals surface area contributed by atoms with E-state index in [9.17, 15) is 0 Å². The summed E-state index contributed by atoms with van der Waals surface area (Å²) in [6.45, 7) is 3.82. The molecular formula is C11H17N5O2. The fourth-order valence-electron chi connectivity index (χ4n) is 1.75. The SMILES string of the molecule is CC[C@@H](CO)O[C@H](C)n1cnc2c(N)ncnc21. The Bertz CT molecular complexity index is 523. The minimum atomic E-state index is -0.276. The molecule has 3 N–H and O–H groups in total. The minimum absolute atomic E-state index is 0.00933. The molecule has 0 radical (unpaired) electrons. The number of hydrogen-bond donors (Lipinski definition) is 2. The van der Waals surface area contributed by atoms with E-state index in [-0.39, 0.29) is 18.9 Å². The van der Waals surface area contributed by atoms with Crippen molar-refractivity contribution in [3.8, 4) is 0 Å². The summed E-state index contributed by atoms with van der Waals surface area (Å²) in [7, 11) is 0. The van der Waals surface area contributed by atoms with Gasteiger partial charge in [-0.05, 0) is 13.3 Å². The summed E-state index contributed by atoms with van der Waals surface area (Å²) in [5.41, 5.74) is 6.90. The van der Waals surface area contributed by atoms with E-state index in [1.54, 1.807) is 10.9 Å². The molecule has 2 aromatic rings. The molecule has 0 saturated heterocycles. The van der Waals surface area contributed by atoms with Gasteiger partial charge in [0.15, 0.2) is 11.5 Å². The topological polar surface area (TPSA) is 99.1 Å². The first-order valence-electron chi connectivity index (χ1n) is 5.86. The lowest BCUT2D eigenvalue weighted by molar-refractivity contribution is -0.0647. The lowest BCUT2D eigenvalue weighted by atomic mass is 10.3. The second kappa shape index (κ2) is 5.28. The van der Waals surface area contributed by atoms with Crippen molar-refractivity contribution in [2.24, 2.45) is 0 Å². The molecule has 2 aromatic heterocycles. The predicted octanol–water partition coefficient (Wildman–Crippen LogP) is 0.714. The number of anilines is 1.